The molecule has 15 heavy (non-hydrogen) atoms. The normalized spacial score (nSPS) is 19.9. The van der Waals surface area contributed by atoms with Crippen molar-refractivity contribution in [2.24, 2.45) is 5.92 Å². The molecule has 0 saturated heterocycles. The summed E-state index contributed by atoms with van der Waals surface area (Å²) in [4.78, 5) is 10.9. The minimum Gasteiger partial charge on any atom is -0.467 e. The molecule has 0 aromatic rings. The SMILES string of the molecule is COC(=O)[C@@H](O)CCCC1CCCCC1. The van der Waals surface area contributed by atoms with E-state index < -0.39 is 12.1 Å². The van der Waals surface area contributed by atoms with Crippen LogP contribution in [-0.4, -0.2) is 24.3 Å². The first-order valence-electron chi connectivity index (χ1n) is 6.00. The van der Waals surface area contributed by atoms with Gasteiger partial charge in [-0.1, -0.05) is 38.5 Å². The van der Waals surface area contributed by atoms with Gasteiger partial charge in [-0.05, 0) is 18.8 Å². The third-order valence-corrected chi connectivity index (χ3v) is 3.29. The van der Waals surface area contributed by atoms with Gasteiger partial charge in [-0.2, -0.15) is 0 Å². The fourth-order valence-electron chi connectivity index (χ4n) is 2.33. The number of methoxy groups -OCH3 is 1. The lowest BCUT2D eigenvalue weighted by molar-refractivity contribution is -0.150. The maximum atomic E-state index is 10.9. The van der Waals surface area contributed by atoms with Gasteiger partial charge in [-0.3, -0.25) is 0 Å². The molecule has 0 unspecified atom stereocenters. The van der Waals surface area contributed by atoms with Crippen LogP contribution in [0.4, 0.5) is 0 Å². The fourth-order valence-corrected chi connectivity index (χ4v) is 2.33. The molecule has 3 heteroatoms. The Morgan fingerprint density at radius 1 is 1.40 bits per heavy atom. The molecular formula is C12H22O3. The van der Waals surface area contributed by atoms with Gasteiger partial charge in [0.15, 0.2) is 6.10 Å². The van der Waals surface area contributed by atoms with Crippen LogP contribution in [0.2, 0.25) is 0 Å². The van der Waals surface area contributed by atoms with Crippen molar-refractivity contribution in [3.8, 4) is 0 Å². The topological polar surface area (TPSA) is 46.5 Å². The van der Waals surface area contributed by atoms with Gasteiger partial charge in [0, 0.05) is 0 Å². The van der Waals surface area contributed by atoms with E-state index >= 15 is 0 Å². The zero-order valence-electron chi connectivity index (χ0n) is 9.58. The molecule has 0 aliphatic heterocycles. The molecule has 0 spiro atoms. The lowest BCUT2D eigenvalue weighted by Gasteiger charge is -2.21. The number of ether oxygens (including phenoxy) is 1. The van der Waals surface area contributed by atoms with Crippen LogP contribution >= 0.6 is 0 Å². The third kappa shape index (κ3) is 4.65. The minimum atomic E-state index is -0.918. The summed E-state index contributed by atoms with van der Waals surface area (Å²) in [5.41, 5.74) is 0. The first kappa shape index (κ1) is 12.5. The molecule has 1 N–H and O–H groups in total. The predicted molar refractivity (Wildman–Crippen MR) is 58.4 cm³/mol. The van der Waals surface area contributed by atoms with Crippen molar-refractivity contribution in [3.05, 3.63) is 0 Å². The monoisotopic (exact) mass is 214 g/mol. The van der Waals surface area contributed by atoms with Gasteiger partial charge >= 0.3 is 5.97 Å². The van der Waals surface area contributed by atoms with E-state index in [1.165, 1.54) is 39.2 Å². The van der Waals surface area contributed by atoms with Crippen LogP contribution in [0.3, 0.4) is 0 Å². The summed E-state index contributed by atoms with van der Waals surface area (Å²) < 4.78 is 4.47. The van der Waals surface area contributed by atoms with Crippen LogP contribution in [0, 0.1) is 5.92 Å². The Balaban J connectivity index is 2.07. The average Bonchev–Trinajstić information content (AvgIpc) is 2.29. The molecule has 1 aliphatic carbocycles. The zero-order valence-corrected chi connectivity index (χ0v) is 9.58. The molecule has 0 radical (unpaired) electrons. The van der Waals surface area contributed by atoms with Crippen LogP contribution in [0.15, 0.2) is 0 Å². The highest BCUT2D eigenvalue weighted by Crippen LogP contribution is 2.27. The zero-order chi connectivity index (χ0) is 11.1. The van der Waals surface area contributed by atoms with Crippen LogP contribution in [-0.2, 0) is 9.53 Å². The number of hydrogen-bond donors (Lipinski definition) is 1. The maximum absolute atomic E-state index is 10.9. The molecule has 1 aliphatic rings. The molecule has 1 saturated carbocycles. The maximum Gasteiger partial charge on any atom is 0.334 e. The summed E-state index contributed by atoms with van der Waals surface area (Å²) in [6, 6.07) is 0. The van der Waals surface area contributed by atoms with E-state index in [1.807, 2.05) is 0 Å². The second-order valence-corrected chi connectivity index (χ2v) is 4.47. The Morgan fingerprint density at radius 2 is 2.07 bits per heavy atom. The second kappa shape index (κ2) is 6.83. The van der Waals surface area contributed by atoms with Crippen molar-refractivity contribution in [2.75, 3.05) is 7.11 Å². The number of esters is 1. The first-order chi connectivity index (χ1) is 7.24. The molecule has 88 valence electrons. The van der Waals surface area contributed by atoms with Gasteiger partial charge in [0.25, 0.3) is 0 Å². The van der Waals surface area contributed by atoms with E-state index in [-0.39, 0.29) is 0 Å². The van der Waals surface area contributed by atoms with Gasteiger partial charge in [-0.15, -0.1) is 0 Å². The fraction of sp³-hybridized carbons (Fsp3) is 0.917. The molecule has 1 rings (SSSR count). The number of hydrogen-bond acceptors (Lipinski definition) is 3. The van der Waals surface area contributed by atoms with Gasteiger partial charge < -0.3 is 9.84 Å². The number of aliphatic hydroxyl groups is 1. The van der Waals surface area contributed by atoms with Crippen molar-refractivity contribution in [1.82, 2.24) is 0 Å². The number of rotatable bonds is 5. The largest absolute Gasteiger partial charge is 0.467 e. The van der Waals surface area contributed by atoms with Crippen molar-refractivity contribution in [1.29, 1.82) is 0 Å². The molecule has 0 aromatic carbocycles. The third-order valence-electron chi connectivity index (χ3n) is 3.29. The summed E-state index contributed by atoms with van der Waals surface area (Å²) in [6.07, 6.45) is 8.44. The van der Waals surface area contributed by atoms with Gasteiger partial charge in [0.1, 0.15) is 0 Å². The summed E-state index contributed by atoms with van der Waals surface area (Å²) in [5, 5.41) is 9.37. The van der Waals surface area contributed by atoms with Crippen molar-refractivity contribution >= 4 is 5.97 Å². The Kier molecular flexibility index (Phi) is 5.69. The molecule has 0 amide bonds. The Labute approximate surface area is 91.8 Å². The van der Waals surface area contributed by atoms with E-state index in [9.17, 15) is 9.90 Å². The number of carbonyl (C=O) groups is 1. The van der Waals surface area contributed by atoms with E-state index in [4.69, 9.17) is 0 Å². The van der Waals surface area contributed by atoms with E-state index in [2.05, 4.69) is 4.74 Å². The Hall–Kier alpha value is -0.570. The lowest BCUT2D eigenvalue weighted by atomic mass is 9.85. The Bertz CT molecular complexity index is 185. The molecular weight excluding hydrogens is 192 g/mol. The average molecular weight is 214 g/mol. The molecule has 0 bridgehead atoms. The van der Waals surface area contributed by atoms with E-state index in [0.29, 0.717) is 6.42 Å². The summed E-state index contributed by atoms with van der Waals surface area (Å²) in [7, 11) is 1.31. The Morgan fingerprint density at radius 3 is 2.67 bits per heavy atom. The van der Waals surface area contributed by atoms with Crippen molar-refractivity contribution < 1.29 is 14.6 Å². The van der Waals surface area contributed by atoms with Crippen molar-refractivity contribution in [2.45, 2.75) is 57.5 Å². The van der Waals surface area contributed by atoms with Gasteiger partial charge in [0.2, 0.25) is 0 Å². The van der Waals surface area contributed by atoms with Crippen LogP contribution in [0.25, 0.3) is 0 Å². The van der Waals surface area contributed by atoms with E-state index in [0.717, 1.165) is 18.8 Å². The van der Waals surface area contributed by atoms with Gasteiger partial charge in [-0.25, -0.2) is 4.79 Å². The molecule has 0 heterocycles. The first-order valence-corrected chi connectivity index (χ1v) is 6.00. The highest BCUT2D eigenvalue weighted by Gasteiger charge is 2.17. The lowest BCUT2D eigenvalue weighted by Crippen LogP contribution is -2.21. The minimum absolute atomic E-state index is 0.501. The van der Waals surface area contributed by atoms with Gasteiger partial charge in [0.05, 0.1) is 7.11 Å². The summed E-state index contributed by atoms with van der Waals surface area (Å²) >= 11 is 0. The van der Waals surface area contributed by atoms with E-state index in [1.54, 1.807) is 0 Å². The van der Waals surface area contributed by atoms with Crippen LogP contribution < -0.4 is 0 Å². The summed E-state index contributed by atoms with van der Waals surface area (Å²) in [6.45, 7) is 0. The highest BCUT2D eigenvalue weighted by atomic mass is 16.5. The predicted octanol–water partition coefficient (Wildman–Crippen LogP) is 2.27. The van der Waals surface area contributed by atoms with Crippen LogP contribution in [0.5, 0.6) is 0 Å². The summed E-state index contributed by atoms with van der Waals surface area (Å²) in [5.74, 6) is 0.322. The van der Waals surface area contributed by atoms with Crippen molar-refractivity contribution in [3.63, 3.8) is 0 Å². The number of aliphatic hydroxyl groups excluding tert-OH is 1. The van der Waals surface area contributed by atoms with Crippen LogP contribution in [0.1, 0.15) is 51.4 Å². The quantitative estimate of drug-likeness (QED) is 0.714. The smallest absolute Gasteiger partial charge is 0.334 e. The second-order valence-electron chi connectivity index (χ2n) is 4.47. The molecule has 3 nitrogen and oxygen atoms in total. The molecule has 0 aromatic heterocycles. The molecule has 1 atom stereocenters. The highest BCUT2D eigenvalue weighted by molar-refractivity contribution is 5.74. The molecule has 1 fully saturated rings. The number of carbonyl (C=O) groups excluding carboxylic acids is 1. The standard InChI is InChI=1S/C12H22O3/c1-15-12(14)11(13)9-5-8-10-6-3-2-4-7-10/h10-11,13H,2-9H2,1H3/t11-/m0/s1.